The van der Waals surface area contributed by atoms with E-state index in [0.717, 1.165) is 6.08 Å². The van der Waals surface area contributed by atoms with Crippen molar-refractivity contribution in [3.63, 3.8) is 0 Å². The van der Waals surface area contributed by atoms with E-state index in [1.165, 1.54) is 0 Å². The third-order valence-electron chi connectivity index (χ3n) is 1.47. The summed E-state index contributed by atoms with van der Waals surface area (Å²) in [5.74, 6) is -5.18. The first kappa shape index (κ1) is 18.9. The van der Waals surface area contributed by atoms with Crippen LogP contribution in [0.5, 0.6) is 0 Å². The van der Waals surface area contributed by atoms with E-state index < -0.39 is 30.1 Å². The highest BCUT2D eigenvalue weighted by atomic mass is 16.4. The second kappa shape index (κ2) is 8.85. The van der Waals surface area contributed by atoms with Crippen LogP contribution in [0.25, 0.3) is 0 Å². The van der Waals surface area contributed by atoms with E-state index in [4.69, 9.17) is 0 Å². The molecule has 0 radical (unpaired) electrons. The number of rotatable bonds is 6. The molecule has 1 atom stereocenters. The molecule has 0 aromatic heterocycles. The van der Waals surface area contributed by atoms with Gasteiger partial charge in [-0.3, -0.25) is 4.79 Å². The van der Waals surface area contributed by atoms with Gasteiger partial charge in [0, 0.05) is 5.97 Å². The largest absolute Gasteiger partial charge is 0.550 e. The molecule has 1 unspecified atom stereocenters. The number of carboxylic acids is 2. The van der Waals surface area contributed by atoms with Crippen LogP contribution < -0.4 is 22.5 Å². The summed E-state index contributed by atoms with van der Waals surface area (Å²) in [6.07, 6.45) is 0.0174. The van der Waals surface area contributed by atoms with Crippen molar-refractivity contribution in [1.82, 2.24) is 12.3 Å². The minimum Gasteiger partial charge on any atom is -0.550 e. The van der Waals surface area contributed by atoms with Gasteiger partial charge in [0.2, 0.25) is 0 Å². The van der Waals surface area contributed by atoms with Gasteiger partial charge in [-0.15, -0.1) is 0 Å². The Hall–Kier alpha value is -1.73. The van der Waals surface area contributed by atoms with E-state index in [1.54, 1.807) is 0 Å². The fourth-order valence-electron chi connectivity index (χ4n) is 0.781. The number of carbonyl (C=O) groups excluding carboxylic acids is 3. The van der Waals surface area contributed by atoms with Crippen LogP contribution in [0.2, 0.25) is 0 Å². The number of ketones is 1. The van der Waals surface area contributed by atoms with Gasteiger partial charge >= 0.3 is 0 Å². The van der Waals surface area contributed by atoms with Crippen molar-refractivity contribution >= 4 is 17.7 Å². The van der Waals surface area contributed by atoms with Crippen molar-refractivity contribution < 1.29 is 24.6 Å². The Balaban J connectivity index is -0.000000720. The van der Waals surface area contributed by atoms with Gasteiger partial charge in [0.1, 0.15) is 0 Å². The molecule has 0 aliphatic heterocycles. The number of aliphatic carboxylic acids is 2. The molecule has 15 heavy (non-hydrogen) atoms. The Labute approximate surface area is 86.9 Å². The number of quaternary nitrogens is 2. The van der Waals surface area contributed by atoms with E-state index in [1.807, 2.05) is 0 Å². The lowest BCUT2D eigenvalue weighted by atomic mass is 9.98. The minimum atomic E-state index is -1.59. The normalized spacial score (nSPS) is 10.1. The van der Waals surface area contributed by atoms with Crippen molar-refractivity contribution in [2.45, 2.75) is 12.8 Å². The van der Waals surface area contributed by atoms with E-state index in [9.17, 15) is 24.6 Å². The van der Waals surface area contributed by atoms with Crippen molar-refractivity contribution in [3.05, 3.63) is 12.7 Å². The maximum Gasteiger partial charge on any atom is 0.163 e. The van der Waals surface area contributed by atoms with Crippen molar-refractivity contribution in [2.75, 3.05) is 0 Å². The molecule has 0 aliphatic rings. The van der Waals surface area contributed by atoms with Crippen LogP contribution in [0.15, 0.2) is 12.7 Å². The summed E-state index contributed by atoms with van der Waals surface area (Å²) >= 11 is 0. The summed E-state index contributed by atoms with van der Waals surface area (Å²) in [6, 6.07) is 0. The maximum atomic E-state index is 10.8. The number of hydrogen-bond acceptors (Lipinski definition) is 5. The molecule has 0 fully saturated rings. The zero-order valence-electron chi connectivity index (χ0n) is 8.82. The van der Waals surface area contributed by atoms with Crippen LogP contribution in [-0.4, -0.2) is 17.7 Å². The lowest BCUT2D eigenvalue weighted by Gasteiger charge is -2.14. The second-order valence-electron chi connectivity index (χ2n) is 2.39. The van der Waals surface area contributed by atoms with Crippen LogP contribution in [0.3, 0.4) is 0 Å². The highest BCUT2D eigenvalue weighted by Crippen LogP contribution is 2.07. The molecule has 0 heterocycles. The third kappa shape index (κ3) is 7.35. The molecular weight excluding hydrogens is 204 g/mol. The molecule has 0 saturated heterocycles. The molecule has 0 rings (SSSR count). The quantitative estimate of drug-likeness (QED) is 0.404. The monoisotopic (exact) mass is 220 g/mol. The Morgan fingerprint density at radius 3 is 1.93 bits per heavy atom. The molecule has 0 amide bonds. The molecule has 0 spiro atoms. The summed E-state index contributed by atoms with van der Waals surface area (Å²) in [6.45, 7) is 3.09. The first-order valence-electron chi connectivity index (χ1n) is 3.56. The standard InChI is InChI=1S/C8H10O5.2H3N/c1-2-6(9)5(8(12)13)3-4-7(10)11;;/h2,5H,1,3-4H2,(H,10,11)(H,12,13);2*1H3. The summed E-state index contributed by atoms with van der Waals surface area (Å²) in [5, 5.41) is 20.3. The number of allylic oxidation sites excluding steroid dienone is 1. The summed E-state index contributed by atoms with van der Waals surface area (Å²) < 4.78 is 0. The van der Waals surface area contributed by atoms with Crippen LogP contribution >= 0.6 is 0 Å². The second-order valence-corrected chi connectivity index (χ2v) is 2.39. The minimum absolute atomic E-state index is 0. The average molecular weight is 220 g/mol. The Morgan fingerprint density at radius 1 is 1.20 bits per heavy atom. The topological polar surface area (TPSA) is 170 Å². The fourth-order valence-corrected chi connectivity index (χ4v) is 0.781. The van der Waals surface area contributed by atoms with Crippen LogP contribution in [0.4, 0.5) is 0 Å². The van der Waals surface area contributed by atoms with E-state index in [-0.39, 0.29) is 18.7 Å². The summed E-state index contributed by atoms with van der Waals surface area (Å²) in [7, 11) is 0. The molecule has 0 aromatic rings. The Morgan fingerprint density at radius 2 is 1.67 bits per heavy atom. The number of hydrogen-bond donors (Lipinski definition) is 2. The van der Waals surface area contributed by atoms with Gasteiger partial charge in [0.25, 0.3) is 0 Å². The molecule has 0 aliphatic carbocycles. The first-order chi connectivity index (χ1) is 5.99. The van der Waals surface area contributed by atoms with Crippen molar-refractivity contribution in [2.24, 2.45) is 5.92 Å². The summed E-state index contributed by atoms with van der Waals surface area (Å²) in [5.41, 5.74) is 0. The van der Waals surface area contributed by atoms with Crippen molar-refractivity contribution in [1.29, 1.82) is 0 Å². The molecular formula is C8H16N2O5. The zero-order valence-corrected chi connectivity index (χ0v) is 8.82. The fraction of sp³-hybridized carbons (Fsp3) is 0.375. The van der Waals surface area contributed by atoms with Gasteiger partial charge in [-0.2, -0.15) is 0 Å². The SMILES string of the molecule is C=CC(=O)C(CCC(=O)[O-])C(=O)[O-].[NH4+].[NH4+]. The Bertz CT molecular complexity index is 251. The molecule has 0 saturated carbocycles. The molecule has 88 valence electrons. The van der Waals surface area contributed by atoms with Crippen LogP contribution in [0.1, 0.15) is 12.8 Å². The van der Waals surface area contributed by atoms with Gasteiger partial charge in [-0.25, -0.2) is 0 Å². The average Bonchev–Trinajstić information content (AvgIpc) is 2.03. The van der Waals surface area contributed by atoms with Gasteiger partial charge in [-0.1, -0.05) is 6.58 Å². The zero-order chi connectivity index (χ0) is 10.4. The molecule has 0 aromatic carbocycles. The van der Waals surface area contributed by atoms with Crippen LogP contribution in [-0.2, 0) is 14.4 Å². The van der Waals surface area contributed by atoms with Gasteiger partial charge in [0.05, 0.1) is 11.9 Å². The summed E-state index contributed by atoms with van der Waals surface area (Å²) in [4.78, 5) is 31.1. The molecule has 7 nitrogen and oxygen atoms in total. The molecule has 7 heteroatoms. The van der Waals surface area contributed by atoms with Gasteiger partial charge in [-0.05, 0) is 18.9 Å². The van der Waals surface area contributed by atoms with E-state index in [2.05, 4.69) is 6.58 Å². The van der Waals surface area contributed by atoms with Gasteiger partial charge in [0.15, 0.2) is 5.78 Å². The highest BCUT2D eigenvalue weighted by Gasteiger charge is 2.16. The number of carbonyl (C=O) groups is 3. The maximum absolute atomic E-state index is 10.8. The smallest absolute Gasteiger partial charge is 0.163 e. The van der Waals surface area contributed by atoms with Crippen molar-refractivity contribution in [3.8, 4) is 0 Å². The lowest BCUT2D eigenvalue weighted by molar-refractivity contribution is -0.311. The predicted octanol–water partition coefficient (Wildman–Crippen LogP) is -1.61. The first-order valence-corrected chi connectivity index (χ1v) is 3.56. The molecule has 8 N–H and O–H groups in total. The van der Waals surface area contributed by atoms with E-state index in [0.29, 0.717) is 0 Å². The number of carboxylic acid groups (broad SMARTS) is 2. The highest BCUT2D eigenvalue weighted by molar-refractivity contribution is 6.03. The molecule has 0 bridgehead atoms. The third-order valence-corrected chi connectivity index (χ3v) is 1.47. The van der Waals surface area contributed by atoms with Crippen LogP contribution in [0, 0.1) is 5.92 Å². The van der Waals surface area contributed by atoms with Gasteiger partial charge < -0.3 is 32.1 Å². The Kier molecular flexibility index (Phi) is 11.2. The van der Waals surface area contributed by atoms with E-state index >= 15 is 0 Å². The predicted molar refractivity (Wildman–Crippen MR) is 49.9 cm³/mol. The lowest BCUT2D eigenvalue weighted by Crippen LogP contribution is -2.36.